The quantitative estimate of drug-likeness (QED) is 0.701. The average molecular weight is 210 g/mol. The summed E-state index contributed by atoms with van der Waals surface area (Å²) < 4.78 is 4.51. The zero-order chi connectivity index (χ0) is 11.3. The molecule has 0 saturated heterocycles. The van der Waals surface area contributed by atoms with Crippen LogP contribution in [0.2, 0.25) is 0 Å². The molecule has 1 unspecified atom stereocenters. The molecule has 1 rings (SSSR count). The van der Waals surface area contributed by atoms with Crippen LogP contribution in [0.15, 0.2) is 18.3 Å². The van der Waals surface area contributed by atoms with Crippen LogP contribution < -0.4 is 5.32 Å². The number of esters is 1. The fourth-order valence-corrected chi connectivity index (χ4v) is 1.05. The van der Waals surface area contributed by atoms with Crippen molar-refractivity contribution in [1.29, 1.82) is 0 Å². The van der Waals surface area contributed by atoms with Gasteiger partial charge in [0.25, 0.3) is 0 Å². The highest BCUT2D eigenvalue weighted by Gasteiger charge is 2.17. The Hall–Kier alpha value is -1.62. The van der Waals surface area contributed by atoms with Gasteiger partial charge in [-0.1, -0.05) is 6.07 Å². The minimum absolute atomic E-state index is 0.331. The monoisotopic (exact) mass is 210 g/mol. The number of aromatic nitrogens is 1. The largest absolute Gasteiger partial charge is 0.467 e. The number of aliphatic hydroxyl groups is 1. The molecule has 0 bridgehead atoms. The molecule has 0 radical (unpaired) electrons. The minimum Gasteiger partial charge on any atom is -0.467 e. The maximum atomic E-state index is 11.1. The van der Waals surface area contributed by atoms with Gasteiger partial charge in [-0.2, -0.15) is 0 Å². The number of hydrogen-bond donors (Lipinski definition) is 2. The minimum atomic E-state index is -0.773. The van der Waals surface area contributed by atoms with E-state index in [1.54, 1.807) is 12.3 Å². The molecule has 1 heterocycles. The summed E-state index contributed by atoms with van der Waals surface area (Å²) in [4.78, 5) is 15.2. The van der Waals surface area contributed by atoms with Crippen LogP contribution in [0.5, 0.6) is 0 Å². The van der Waals surface area contributed by atoms with E-state index in [0.29, 0.717) is 5.82 Å². The molecule has 0 amide bonds. The fourth-order valence-electron chi connectivity index (χ4n) is 1.05. The van der Waals surface area contributed by atoms with Crippen molar-refractivity contribution >= 4 is 11.8 Å². The molecule has 0 aromatic carbocycles. The third-order valence-corrected chi connectivity index (χ3v) is 1.90. The second kappa shape index (κ2) is 5.31. The summed E-state index contributed by atoms with van der Waals surface area (Å²) >= 11 is 0. The molecule has 5 nitrogen and oxygen atoms in total. The molecule has 0 aliphatic rings. The summed E-state index contributed by atoms with van der Waals surface area (Å²) in [6.45, 7) is 1.59. The van der Waals surface area contributed by atoms with Crippen LogP contribution in [-0.4, -0.2) is 35.8 Å². The Labute approximate surface area is 88.1 Å². The molecule has 1 aromatic heterocycles. The fraction of sp³-hybridized carbons (Fsp3) is 0.400. The van der Waals surface area contributed by atoms with E-state index >= 15 is 0 Å². The van der Waals surface area contributed by atoms with Gasteiger partial charge in [0.2, 0.25) is 0 Å². The number of ether oxygens (including phenoxy) is 1. The van der Waals surface area contributed by atoms with Gasteiger partial charge in [0.1, 0.15) is 11.9 Å². The Kier molecular flexibility index (Phi) is 4.05. The Morgan fingerprint density at radius 1 is 1.67 bits per heavy atom. The van der Waals surface area contributed by atoms with E-state index in [2.05, 4.69) is 15.0 Å². The lowest BCUT2D eigenvalue weighted by Gasteiger charge is -2.14. The summed E-state index contributed by atoms with van der Waals surface area (Å²) in [5.41, 5.74) is 1.03. The van der Waals surface area contributed by atoms with Gasteiger partial charge in [-0.3, -0.25) is 0 Å². The summed E-state index contributed by atoms with van der Waals surface area (Å²) in [6.07, 6.45) is 1.67. The number of anilines is 1. The zero-order valence-corrected chi connectivity index (χ0v) is 8.73. The first kappa shape index (κ1) is 11.5. The van der Waals surface area contributed by atoms with E-state index in [0.717, 1.165) is 5.56 Å². The first-order valence-electron chi connectivity index (χ1n) is 4.55. The van der Waals surface area contributed by atoms with E-state index in [1.165, 1.54) is 7.11 Å². The molecule has 0 fully saturated rings. The number of rotatable bonds is 4. The number of hydrogen-bond acceptors (Lipinski definition) is 5. The second-order valence-corrected chi connectivity index (χ2v) is 3.12. The zero-order valence-electron chi connectivity index (χ0n) is 8.73. The smallest absolute Gasteiger partial charge is 0.330 e. The number of carbonyl (C=O) groups is 1. The molecule has 15 heavy (non-hydrogen) atoms. The van der Waals surface area contributed by atoms with Crippen molar-refractivity contribution in [2.24, 2.45) is 0 Å². The predicted molar refractivity (Wildman–Crippen MR) is 55.5 cm³/mol. The molecule has 0 aliphatic heterocycles. The maximum absolute atomic E-state index is 11.1. The van der Waals surface area contributed by atoms with Gasteiger partial charge < -0.3 is 15.2 Å². The van der Waals surface area contributed by atoms with Crippen LogP contribution in [0.3, 0.4) is 0 Å². The van der Waals surface area contributed by atoms with Crippen molar-refractivity contribution < 1.29 is 14.6 Å². The molecule has 0 saturated carbocycles. The van der Waals surface area contributed by atoms with Crippen LogP contribution in [0.1, 0.15) is 5.56 Å². The Bertz CT molecular complexity index is 324. The molecule has 1 aromatic rings. The number of pyridine rings is 1. The summed E-state index contributed by atoms with van der Waals surface area (Å²) in [5.74, 6) is 0.0184. The van der Waals surface area contributed by atoms with Gasteiger partial charge in [-0.05, 0) is 18.6 Å². The van der Waals surface area contributed by atoms with Crippen LogP contribution in [-0.2, 0) is 9.53 Å². The highest BCUT2D eigenvalue weighted by Crippen LogP contribution is 2.06. The van der Waals surface area contributed by atoms with Crippen LogP contribution >= 0.6 is 0 Å². The molecular weight excluding hydrogens is 196 g/mol. The molecule has 0 aliphatic carbocycles. The van der Waals surface area contributed by atoms with Gasteiger partial charge in [-0.25, -0.2) is 9.78 Å². The van der Waals surface area contributed by atoms with Gasteiger partial charge in [0.15, 0.2) is 0 Å². The number of carbonyl (C=O) groups excluding carboxylic acids is 1. The molecule has 82 valence electrons. The highest BCUT2D eigenvalue weighted by atomic mass is 16.5. The summed E-state index contributed by atoms with van der Waals surface area (Å²) in [5, 5.41) is 11.7. The lowest BCUT2D eigenvalue weighted by molar-refractivity contribution is -0.142. The molecule has 2 N–H and O–H groups in total. The predicted octanol–water partition coefficient (Wildman–Crippen LogP) is 0.336. The number of aryl methyl sites for hydroxylation is 1. The van der Waals surface area contributed by atoms with E-state index in [9.17, 15) is 4.79 Å². The van der Waals surface area contributed by atoms with Crippen molar-refractivity contribution in [3.05, 3.63) is 23.9 Å². The lowest BCUT2D eigenvalue weighted by Crippen LogP contribution is -2.34. The first-order valence-corrected chi connectivity index (χ1v) is 4.55. The Morgan fingerprint density at radius 2 is 2.40 bits per heavy atom. The molecule has 1 atom stereocenters. The van der Waals surface area contributed by atoms with E-state index in [1.807, 2.05) is 13.0 Å². The van der Waals surface area contributed by atoms with Crippen LogP contribution in [0.25, 0.3) is 0 Å². The highest BCUT2D eigenvalue weighted by molar-refractivity contribution is 5.78. The summed E-state index contributed by atoms with van der Waals surface area (Å²) in [7, 11) is 1.27. The SMILES string of the molecule is COC(=O)C(CO)Nc1ccc(C)cn1. The van der Waals surface area contributed by atoms with Crippen molar-refractivity contribution in [1.82, 2.24) is 4.98 Å². The van der Waals surface area contributed by atoms with Crippen LogP contribution in [0.4, 0.5) is 5.82 Å². The standard InChI is InChI=1S/C10H14N2O3/c1-7-3-4-9(11-5-7)12-8(6-13)10(14)15-2/h3-5,8,13H,6H2,1-2H3,(H,11,12). The van der Waals surface area contributed by atoms with Gasteiger partial charge in [0, 0.05) is 6.20 Å². The Balaban J connectivity index is 2.66. The number of nitrogens with zero attached hydrogens (tertiary/aromatic N) is 1. The van der Waals surface area contributed by atoms with Crippen LogP contribution in [0, 0.1) is 6.92 Å². The second-order valence-electron chi connectivity index (χ2n) is 3.12. The third kappa shape index (κ3) is 3.21. The van der Waals surface area contributed by atoms with Crippen molar-refractivity contribution in [2.75, 3.05) is 19.0 Å². The topological polar surface area (TPSA) is 71.5 Å². The molecule has 5 heteroatoms. The van der Waals surface area contributed by atoms with E-state index in [4.69, 9.17) is 5.11 Å². The van der Waals surface area contributed by atoms with Crippen molar-refractivity contribution in [3.63, 3.8) is 0 Å². The molecular formula is C10H14N2O3. The normalized spacial score (nSPS) is 11.9. The maximum Gasteiger partial charge on any atom is 0.330 e. The first-order chi connectivity index (χ1) is 7.17. The van der Waals surface area contributed by atoms with Crippen molar-refractivity contribution in [3.8, 4) is 0 Å². The number of nitrogens with one attached hydrogen (secondary N) is 1. The van der Waals surface area contributed by atoms with E-state index < -0.39 is 12.0 Å². The van der Waals surface area contributed by atoms with Gasteiger partial charge >= 0.3 is 5.97 Å². The van der Waals surface area contributed by atoms with Crippen molar-refractivity contribution in [2.45, 2.75) is 13.0 Å². The number of aliphatic hydroxyl groups excluding tert-OH is 1. The lowest BCUT2D eigenvalue weighted by atomic mass is 10.3. The summed E-state index contributed by atoms with van der Waals surface area (Å²) in [6, 6.07) is 2.83. The Morgan fingerprint density at radius 3 is 2.87 bits per heavy atom. The third-order valence-electron chi connectivity index (χ3n) is 1.90. The average Bonchev–Trinajstić information content (AvgIpc) is 2.27. The van der Waals surface area contributed by atoms with Gasteiger partial charge in [0.05, 0.1) is 13.7 Å². The molecule has 0 spiro atoms. The van der Waals surface area contributed by atoms with E-state index in [-0.39, 0.29) is 6.61 Å². The van der Waals surface area contributed by atoms with Gasteiger partial charge in [-0.15, -0.1) is 0 Å². The number of methoxy groups -OCH3 is 1.